The molecule has 2 aromatic carbocycles. The minimum absolute atomic E-state index is 0.0640. The molecule has 6 rings (SSSR count). The van der Waals surface area contributed by atoms with Crippen molar-refractivity contribution in [2.45, 2.75) is 237 Å². The molecule has 2 N–H and O–H groups in total. The van der Waals surface area contributed by atoms with Crippen LogP contribution in [0.4, 0.5) is 9.59 Å². The third-order valence-corrected chi connectivity index (χ3v) is 17.4. The number of amides is 6. The fourth-order valence-corrected chi connectivity index (χ4v) is 12.7. The number of nitrogens with zero attached hydrogens (tertiary/aromatic N) is 4. The lowest BCUT2D eigenvalue weighted by molar-refractivity contribution is -0.154. The van der Waals surface area contributed by atoms with Gasteiger partial charge in [-0.15, -0.1) is 0 Å². The zero-order valence-corrected chi connectivity index (χ0v) is 49.3. The topological polar surface area (TPSA) is 176 Å². The second kappa shape index (κ2) is 24.4. The maximum atomic E-state index is 14.3. The van der Waals surface area contributed by atoms with Crippen LogP contribution in [0.3, 0.4) is 0 Å². The number of unbranched alkanes of at least 4 members (excludes halogenated alkanes) is 8. The lowest BCUT2D eigenvalue weighted by atomic mass is 9.69. The number of nitrogens with one attached hydrogen (secondary N) is 2. The summed E-state index contributed by atoms with van der Waals surface area (Å²) < 4.78 is 24.5. The highest BCUT2D eigenvalue weighted by molar-refractivity contribution is 6.08. The summed E-state index contributed by atoms with van der Waals surface area (Å²) in [6.07, 6.45) is 10.2. The average molecular weight is 1070 g/mol. The molecule has 6 amide bonds. The first kappa shape index (κ1) is 61.0. The maximum absolute atomic E-state index is 14.3. The summed E-state index contributed by atoms with van der Waals surface area (Å²) in [7, 11) is 4.10. The standard InChI is InChI=1S/C61H94N6O10/c1-15-17-19-21-23-25-49(68)76-47(35-66-51(70)60(62-53(66)72)39-55(3,4)64(13)56(5,6)40-60)37-74-45-31-27-43(28-32-45)59(11,12)44-29-33-46(34-30-44)75-38-48(77-50(69)26-24-22-20-18-16-2)36-67-52(71)61(63-54(67)73)41-57(7,8)65(14)58(9,10)42-61/h27-34,47-48H,15-26,35-42H2,1-14H3,(H,62,72)(H,63,73). The first-order valence-electron chi connectivity index (χ1n) is 28.6. The number of ether oxygens (including phenoxy) is 4. The number of hydrogen-bond acceptors (Lipinski definition) is 12. The summed E-state index contributed by atoms with van der Waals surface area (Å²) in [5, 5.41) is 6.12. The summed E-state index contributed by atoms with van der Waals surface area (Å²) in [6, 6.07) is 14.4. The van der Waals surface area contributed by atoms with Crippen LogP contribution in [0.15, 0.2) is 48.5 Å². The largest absolute Gasteiger partial charge is 0.490 e. The smallest absolute Gasteiger partial charge is 0.325 e. The molecule has 2 atom stereocenters. The van der Waals surface area contributed by atoms with Gasteiger partial charge in [-0.1, -0.05) is 103 Å². The first-order valence-corrected chi connectivity index (χ1v) is 28.6. The molecule has 4 heterocycles. The Bertz CT molecular complexity index is 2200. The van der Waals surface area contributed by atoms with Gasteiger partial charge >= 0.3 is 24.0 Å². The summed E-state index contributed by atoms with van der Waals surface area (Å²) >= 11 is 0. The SMILES string of the molecule is CCCCCCCC(=O)OC(COc1ccc(C(C)(C)c2ccc(OCC(CN3C(=O)NC4(CC(C)(C)N(C)C(C)(C)C4)C3=O)OC(=O)CCCCCCC)cc2)cc1)CN1C(=O)NC2(CC(C)(C)N(C)C(C)(C)C2)C1=O. The number of hydrogen-bond donors (Lipinski definition) is 2. The summed E-state index contributed by atoms with van der Waals surface area (Å²) in [5.74, 6) is -0.318. The van der Waals surface area contributed by atoms with Crippen LogP contribution in [0, 0.1) is 0 Å². The lowest BCUT2D eigenvalue weighted by Crippen LogP contribution is -2.68. The highest BCUT2D eigenvalue weighted by Gasteiger charge is 2.62. The molecule has 4 fully saturated rings. The van der Waals surface area contributed by atoms with Gasteiger partial charge in [-0.2, -0.15) is 0 Å². The Morgan fingerprint density at radius 2 is 0.831 bits per heavy atom. The minimum Gasteiger partial charge on any atom is -0.490 e. The Morgan fingerprint density at radius 3 is 1.14 bits per heavy atom. The number of carbonyl (C=O) groups excluding carboxylic acids is 6. The van der Waals surface area contributed by atoms with Crippen LogP contribution in [-0.2, 0) is 34.1 Å². The molecule has 0 saturated carbocycles. The first-order chi connectivity index (χ1) is 36.0. The zero-order chi connectivity index (χ0) is 56.8. The number of piperidine rings is 2. The molecular formula is C61H94N6O10. The van der Waals surface area contributed by atoms with E-state index >= 15 is 0 Å². The van der Waals surface area contributed by atoms with E-state index in [2.05, 4.69) is 118 Å². The van der Waals surface area contributed by atoms with Gasteiger partial charge in [-0.25, -0.2) is 9.59 Å². The zero-order valence-electron chi connectivity index (χ0n) is 49.3. The monoisotopic (exact) mass is 1070 g/mol. The van der Waals surface area contributed by atoms with Crippen molar-refractivity contribution in [3.8, 4) is 11.5 Å². The van der Waals surface area contributed by atoms with E-state index in [1.807, 2.05) is 48.5 Å². The summed E-state index contributed by atoms with van der Waals surface area (Å²) in [5.41, 5.74) is -2.07. The molecule has 4 aliphatic rings. The molecule has 428 valence electrons. The van der Waals surface area contributed by atoms with Crippen molar-refractivity contribution in [2.75, 3.05) is 40.4 Å². The molecular weight excluding hydrogens is 977 g/mol. The van der Waals surface area contributed by atoms with Gasteiger partial charge in [0.2, 0.25) is 0 Å². The van der Waals surface area contributed by atoms with Crippen LogP contribution >= 0.6 is 0 Å². The van der Waals surface area contributed by atoms with Gasteiger partial charge in [0.1, 0.15) is 35.8 Å². The van der Waals surface area contributed by atoms with Crippen LogP contribution in [0.5, 0.6) is 11.5 Å². The molecule has 0 radical (unpaired) electrons. The van der Waals surface area contributed by atoms with E-state index in [4.69, 9.17) is 18.9 Å². The van der Waals surface area contributed by atoms with Crippen LogP contribution in [-0.4, -0.2) is 141 Å². The van der Waals surface area contributed by atoms with Gasteiger partial charge in [0.15, 0.2) is 12.2 Å². The van der Waals surface area contributed by atoms with E-state index in [0.29, 0.717) is 50.0 Å². The Morgan fingerprint density at radius 1 is 0.519 bits per heavy atom. The molecule has 0 aromatic heterocycles. The second-order valence-corrected chi connectivity index (χ2v) is 25.8. The van der Waals surface area contributed by atoms with E-state index in [9.17, 15) is 28.8 Å². The van der Waals surface area contributed by atoms with Crippen molar-refractivity contribution in [3.63, 3.8) is 0 Å². The Balaban J connectivity index is 1.11. The van der Waals surface area contributed by atoms with E-state index < -0.39 is 40.8 Å². The van der Waals surface area contributed by atoms with E-state index in [1.165, 1.54) is 9.80 Å². The summed E-state index contributed by atoms with van der Waals surface area (Å²) in [6.45, 7) is 24.8. The predicted octanol–water partition coefficient (Wildman–Crippen LogP) is 10.5. The highest BCUT2D eigenvalue weighted by Crippen LogP contribution is 2.47. The van der Waals surface area contributed by atoms with Crippen molar-refractivity contribution in [2.24, 2.45) is 0 Å². The van der Waals surface area contributed by atoms with Gasteiger partial charge in [0.05, 0.1) is 13.1 Å². The molecule has 77 heavy (non-hydrogen) atoms. The fraction of sp³-hybridized carbons (Fsp3) is 0.705. The van der Waals surface area contributed by atoms with Crippen LogP contribution in [0.25, 0.3) is 0 Å². The number of benzene rings is 2. The normalized spacial score (nSPS) is 21.2. The Hall–Kier alpha value is -5.22. The van der Waals surface area contributed by atoms with E-state index in [-0.39, 0.29) is 85.1 Å². The van der Waals surface area contributed by atoms with Gasteiger partial charge in [-0.3, -0.25) is 38.8 Å². The molecule has 2 spiro atoms. The van der Waals surface area contributed by atoms with Crippen LogP contribution in [0.1, 0.15) is 197 Å². The third-order valence-electron chi connectivity index (χ3n) is 17.4. The lowest BCUT2D eigenvalue weighted by Gasteiger charge is -2.56. The molecule has 0 aliphatic carbocycles. The van der Waals surface area contributed by atoms with E-state index in [1.54, 1.807) is 0 Å². The minimum atomic E-state index is -1.07. The van der Waals surface area contributed by atoms with Gasteiger partial charge < -0.3 is 29.6 Å². The molecule has 4 saturated heterocycles. The number of likely N-dealkylation sites (tertiary alicyclic amines) is 2. The number of carbonyl (C=O) groups is 6. The second-order valence-electron chi connectivity index (χ2n) is 25.8. The third kappa shape index (κ3) is 14.3. The van der Waals surface area contributed by atoms with Crippen molar-refractivity contribution < 1.29 is 47.7 Å². The molecule has 2 unspecified atom stereocenters. The van der Waals surface area contributed by atoms with Crippen molar-refractivity contribution in [3.05, 3.63) is 59.7 Å². The molecule has 16 nitrogen and oxygen atoms in total. The van der Waals surface area contributed by atoms with Crippen molar-refractivity contribution in [1.29, 1.82) is 0 Å². The number of urea groups is 2. The van der Waals surface area contributed by atoms with Crippen molar-refractivity contribution >= 4 is 35.8 Å². The molecule has 16 heteroatoms. The van der Waals surface area contributed by atoms with Crippen molar-refractivity contribution in [1.82, 2.24) is 30.2 Å². The summed E-state index contributed by atoms with van der Waals surface area (Å²) in [4.78, 5) is 89.3. The van der Waals surface area contributed by atoms with E-state index in [0.717, 1.165) is 62.5 Å². The number of imide groups is 2. The van der Waals surface area contributed by atoms with Crippen LogP contribution in [0.2, 0.25) is 0 Å². The molecule has 4 aliphatic heterocycles. The fourth-order valence-electron chi connectivity index (χ4n) is 12.7. The average Bonchev–Trinajstić information content (AvgIpc) is 3.77. The Labute approximate surface area is 460 Å². The number of esters is 2. The molecule has 0 bridgehead atoms. The molecule has 2 aromatic rings. The Kier molecular flexibility index (Phi) is 19.4. The predicted molar refractivity (Wildman–Crippen MR) is 299 cm³/mol. The highest BCUT2D eigenvalue weighted by atomic mass is 16.6. The van der Waals surface area contributed by atoms with Gasteiger partial charge in [0, 0.05) is 40.4 Å². The maximum Gasteiger partial charge on any atom is 0.325 e. The number of rotatable bonds is 26. The van der Waals surface area contributed by atoms with Gasteiger partial charge in [0.25, 0.3) is 11.8 Å². The van der Waals surface area contributed by atoms with Gasteiger partial charge in [-0.05, 0) is 143 Å². The quantitative estimate of drug-likeness (QED) is 0.0519. The van der Waals surface area contributed by atoms with Crippen LogP contribution < -0.4 is 20.1 Å².